The third kappa shape index (κ3) is 2.70. The van der Waals surface area contributed by atoms with Crippen LogP contribution < -0.4 is 10.5 Å². The van der Waals surface area contributed by atoms with Gasteiger partial charge in [0.1, 0.15) is 0 Å². The molecule has 2 N–H and O–H groups in total. The molecular weight excluding hydrogens is 247 g/mol. The van der Waals surface area contributed by atoms with Crippen molar-refractivity contribution < 1.29 is 13.7 Å². The number of anilines is 1. The van der Waals surface area contributed by atoms with Gasteiger partial charge < -0.3 is 15.0 Å². The summed E-state index contributed by atoms with van der Waals surface area (Å²) < 4.78 is 23.8. The Kier molecular flexibility index (Phi) is 3.74. The van der Waals surface area contributed by atoms with Gasteiger partial charge in [-0.1, -0.05) is 19.0 Å². The van der Waals surface area contributed by atoms with E-state index in [0.29, 0.717) is 23.1 Å². The van der Waals surface area contributed by atoms with Crippen molar-refractivity contribution in [1.29, 1.82) is 0 Å². The minimum absolute atomic E-state index is 0.196. The third-order valence-electron chi connectivity index (χ3n) is 2.84. The first-order valence-electron chi connectivity index (χ1n) is 6.10. The Hall–Kier alpha value is -2.04. The van der Waals surface area contributed by atoms with Gasteiger partial charge in [0.25, 0.3) is 0 Å². The van der Waals surface area contributed by atoms with Crippen molar-refractivity contribution in [3.63, 3.8) is 0 Å². The molecule has 4 nitrogen and oxygen atoms in total. The highest BCUT2D eigenvalue weighted by Gasteiger charge is 2.18. The number of nitrogens with zero attached hydrogens (tertiary/aromatic N) is 1. The molecule has 0 unspecified atom stereocenters. The fourth-order valence-corrected chi connectivity index (χ4v) is 1.96. The minimum atomic E-state index is -0.439. The first kappa shape index (κ1) is 13.4. The smallest absolute Gasteiger partial charge is 0.172 e. The van der Waals surface area contributed by atoms with Crippen LogP contribution in [0.3, 0.4) is 0 Å². The quantitative estimate of drug-likeness (QED) is 0.920. The summed E-state index contributed by atoms with van der Waals surface area (Å²) in [6, 6.07) is 4.65. The summed E-state index contributed by atoms with van der Waals surface area (Å²) in [5, 5.41) is 3.77. The van der Waals surface area contributed by atoms with E-state index in [-0.39, 0.29) is 5.75 Å². The van der Waals surface area contributed by atoms with Crippen LogP contribution in [0.2, 0.25) is 0 Å². The highest BCUT2D eigenvalue weighted by molar-refractivity contribution is 5.66. The lowest BCUT2D eigenvalue weighted by Crippen LogP contribution is -1.99. The molecule has 0 aliphatic rings. The Morgan fingerprint density at radius 3 is 2.74 bits per heavy atom. The normalized spacial score (nSPS) is 11.0. The fraction of sp³-hybridized carbons (Fsp3) is 0.357. The second-order valence-electron chi connectivity index (χ2n) is 4.82. The van der Waals surface area contributed by atoms with Gasteiger partial charge in [-0.25, -0.2) is 4.39 Å². The summed E-state index contributed by atoms with van der Waals surface area (Å²) >= 11 is 0. The maximum absolute atomic E-state index is 13.7. The molecule has 0 amide bonds. The molecule has 0 fully saturated rings. The Morgan fingerprint density at radius 2 is 2.16 bits per heavy atom. The zero-order valence-corrected chi connectivity index (χ0v) is 11.2. The monoisotopic (exact) mass is 264 g/mol. The van der Waals surface area contributed by atoms with Crippen molar-refractivity contribution in [1.82, 2.24) is 5.16 Å². The van der Waals surface area contributed by atoms with E-state index < -0.39 is 5.82 Å². The van der Waals surface area contributed by atoms with E-state index in [4.69, 9.17) is 15.0 Å². The van der Waals surface area contributed by atoms with Crippen LogP contribution in [-0.2, 0) is 6.42 Å². The van der Waals surface area contributed by atoms with E-state index in [1.54, 1.807) is 12.1 Å². The summed E-state index contributed by atoms with van der Waals surface area (Å²) in [5.41, 5.74) is 7.23. The maximum atomic E-state index is 13.7. The standard InChI is InChI=1S/C14H17FN2O2/c1-8(2)6-10-13(19-17-14(10)16)9-4-5-12(18-3)11(15)7-9/h4-5,7-8H,6H2,1-3H3,(H2,16,17). The van der Waals surface area contributed by atoms with Crippen molar-refractivity contribution in [2.24, 2.45) is 5.92 Å². The molecule has 0 saturated heterocycles. The molecule has 1 heterocycles. The molecule has 1 aromatic carbocycles. The van der Waals surface area contributed by atoms with Gasteiger partial charge in [0.05, 0.1) is 7.11 Å². The number of nitrogen functional groups attached to an aromatic ring is 1. The van der Waals surface area contributed by atoms with Crippen LogP contribution in [0.25, 0.3) is 11.3 Å². The second kappa shape index (κ2) is 5.30. The van der Waals surface area contributed by atoms with Gasteiger partial charge in [-0.05, 0) is 30.5 Å². The lowest BCUT2D eigenvalue weighted by molar-refractivity contribution is 0.386. The van der Waals surface area contributed by atoms with Crippen LogP contribution in [0.5, 0.6) is 5.75 Å². The summed E-state index contributed by atoms with van der Waals surface area (Å²) in [7, 11) is 1.43. The Labute approximate surface area is 111 Å². The molecule has 19 heavy (non-hydrogen) atoms. The molecule has 2 rings (SSSR count). The third-order valence-corrected chi connectivity index (χ3v) is 2.84. The van der Waals surface area contributed by atoms with Crippen LogP contribution in [0.15, 0.2) is 22.7 Å². The van der Waals surface area contributed by atoms with Gasteiger partial charge in [0.15, 0.2) is 23.1 Å². The highest BCUT2D eigenvalue weighted by Crippen LogP contribution is 2.32. The SMILES string of the molecule is COc1ccc(-c2onc(N)c2CC(C)C)cc1F. The number of aromatic nitrogens is 1. The van der Waals surface area contributed by atoms with E-state index in [0.717, 1.165) is 12.0 Å². The molecule has 2 aromatic rings. The molecule has 0 radical (unpaired) electrons. The Bertz CT molecular complexity index is 579. The lowest BCUT2D eigenvalue weighted by Gasteiger charge is -2.06. The van der Waals surface area contributed by atoms with Gasteiger partial charge in [0, 0.05) is 11.1 Å². The molecule has 5 heteroatoms. The maximum Gasteiger partial charge on any atom is 0.172 e. The minimum Gasteiger partial charge on any atom is -0.494 e. The first-order chi connectivity index (χ1) is 9.02. The molecule has 0 atom stereocenters. The molecule has 0 bridgehead atoms. The number of nitrogens with two attached hydrogens (primary N) is 1. The summed E-state index contributed by atoms with van der Waals surface area (Å²) in [4.78, 5) is 0. The van der Waals surface area contributed by atoms with Crippen molar-refractivity contribution in [2.75, 3.05) is 12.8 Å². The lowest BCUT2D eigenvalue weighted by atomic mass is 9.99. The van der Waals surface area contributed by atoms with Gasteiger partial charge in [-0.3, -0.25) is 0 Å². The number of benzene rings is 1. The highest BCUT2D eigenvalue weighted by atomic mass is 19.1. The molecule has 0 saturated carbocycles. The zero-order valence-electron chi connectivity index (χ0n) is 11.2. The topological polar surface area (TPSA) is 61.3 Å². The predicted octanol–water partition coefficient (Wildman–Crippen LogP) is 3.27. The average Bonchev–Trinajstić information content (AvgIpc) is 2.70. The molecular formula is C14H17FN2O2. The predicted molar refractivity (Wildman–Crippen MR) is 71.4 cm³/mol. The number of hydrogen-bond acceptors (Lipinski definition) is 4. The summed E-state index contributed by atoms with van der Waals surface area (Å²) in [6.07, 6.45) is 0.734. The molecule has 0 aliphatic carbocycles. The van der Waals surface area contributed by atoms with E-state index in [2.05, 4.69) is 19.0 Å². The molecule has 0 spiro atoms. The molecule has 102 valence electrons. The first-order valence-corrected chi connectivity index (χ1v) is 6.10. The van der Waals surface area contributed by atoms with Gasteiger partial charge >= 0.3 is 0 Å². The van der Waals surface area contributed by atoms with Crippen LogP contribution in [0.4, 0.5) is 10.2 Å². The van der Waals surface area contributed by atoms with Crippen molar-refractivity contribution in [3.8, 4) is 17.1 Å². The van der Waals surface area contributed by atoms with Crippen molar-refractivity contribution in [3.05, 3.63) is 29.6 Å². The Balaban J connectivity index is 2.44. The molecule has 0 aliphatic heterocycles. The van der Waals surface area contributed by atoms with Crippen LogP contribution in [0.1, 0.15) is 19.4 Å². The number of halogens is 1. The Morgan fingerprint density at radius 1 is 1.42 bits per heavy atom. The second-order valence-corrected chi connectivity index (χ2v) is 4.82. The number of rotatable bonds is 4. The fourth-order valence-electron chi connectivity index (χ4n) is 1.96. The van der Waals surface area contributed by atoms with Crippen molar-refractivity contribution >= 4 is 5.82 Å². The molecule has 1 aromatic heterocycles. The average molecular weight is 264 g/mol. The van der Waals surface area contributed by atoms with Crippen LogP contribution in [-0.4, -0.2) is 12.3 Å². The van der Waals surface area contributed by atoms with Crippen LogP contribution in [0, 0.1) is 11.7 Å². The van der Waals surface area contributed by atoms with Gasteiger partial charge in [-0.2, -0.15) is 0 Å². The summed E-state index contributed by atoms with van der Waals surface area (Å²) in [6.45, 7) is 4.15. The van der Waals surface area contributed by atoms with E-state index in [1.807, 2.05) is 0 Å². The van der Waals surface area contributed by atoms with E-state index in [9.17, 15) is 4.39 Å². The van der Waals surface area contributed by atoms with E-state index in [1.165, 1.54) is 13.2 Å². The van der Waals surface area contributed by atoms with Gasteiger partial charge in [-0.15, -0.1) is 0 Å². The van der Waals surface area contributed by atoms with Crippen LogP contribution >= 0.6 is 0 Å². The number of methoxy groups -OCH3 is 1. The largest absolute Gasteiger partial charge is 0.494 e. The van der Waals surface area contributed by atoms with Gasteiger partial charge in [0.2, 0.25) is 0 Å². The summed E-state index contributed by atoms with van der Waals surface area (Å²) in [5.74, 6) is 1.04. The number of ether oxygens (including phenoxy) is 1. The van der Waals surface area contributed by atoms with Crippen molar-refractivity contribution in [2.45, 2.75) is 20.3 Å². The van der Waals surface area contributed by atoms with E-state index >= 15 is 0 Å². The zero-order chi connectivity index (χ0) is 14.0. The number of hydrogen-bond donors (Lipinski definition) is 1.